The second-order valence-electron chi connectivity index (χ2n) is 5.57. The summed E-state index contributed by atoms with van der Waals surface area (Å²) in [6.07, 6.45) is -9.99. The zero-order valence-corrected chi connectivity index (χ0v) is 11.9. The van der Waals surface area contributed by atoms with E-state index in [0.29, 0.717) is 25.3 Å². The first kappa shape index (κ1) is 17.1. The van der Waals surface area contributed by atoms with E-state index in [1.54, 1.807) is 7.11 Å². The van der Waals surface area contributed by atoms with Gasteiger partial charge >= 0.3 is 12.4 Å². The van der Waals surface area contributed by atoms with E-state index >= 15 is 0 Å². The van der Waals surface area contributed by atoms with Crippen LogP contribution < -0.4 is 0 Å². The number of halogens is 7. The van der Waals surface area contributed by atoms with Crippen LogP contribution in [0.4, 0.5) is 26.3 Å². The largest absolute Gasteiger partial charge is 0.426 e. The topological polar surface area (TPSA) is 18.5 Å². The molecule has 0 aromatic rings. The van der Waals surface area contributed by atoms with E-state index in [-0.39, 0.29) is 5.92 Å². The molecule has 0 aromatic heterocycles. The summed E-state index contributed by atoms with van der Waals surface area (Å²) >= 11 is 4.96. The predicted molar refractivity (Wildman–Crippen MR) is 61.8 cm³/mol. The summed E-state index contributed by atoms with van der Waals surface area (Å²) < 4.78 is 85.3. The summed E-state index contributed by atoms with van der Waals surface area (Å²) in [4.78, 5) is 0. The van der Waals surface area contributed by atoms with Crippen LogP contribution in [0.2, 0.25) is 0 Å². The Hall–Kier alpha value is -0.210. The summed E-state index contributed by atoms with van der Waals surface area (Å²) in [7, 11) is 1.55. The van der Waals surface area contributed by atoms with Crippen molar-refractivity contribution in [1.29, 1.82) is 0 Å². The van der Waals surface area contributed by atoms with Gasteiger partial charge in [-0.15, -0.1) is 0 Å². The van der Waals surface area contributed by atoms with E-state index in [4.69, 9.17) is 11.6 Å². The van der Waals surface area contributed by atoms with Crippen LogP contribution in [0.5, 0.6) is 0 Å². The summed E-state index contributed by atoms with van der Waals surface area (Å²) in [5, 5.41) is 0. The maximum atomic E-state index is 12.8. The second kappa shape index (κ2) is 5.45. The molecule has 0 spiro atoms. The minimum absolute atomic E-state index is 0.108. The third-order valence-corrected chi connectivity index (χ3v) is 4.80. The van der Waals surface area contributed by atoms with Crippen molar-refractivity contribution >= 4 is 11.6 Å². The van der Waals surface area contributed by atoms with Gasteiger partial charge in [-0.05, 0) is 31.1 Å². The third kappa shape index (κ3) is 2.43. The van der Waals surface area contributed by atoms with Crippen LogP contribution in [0.1, 0.15) is 19.3 Å². The highest BCUT2D eigenvalue weighted by atomic mass is 35.5. The van der Waals surface area contributed by atoms with Gasteiger partial charge in [0.2, 0.25) is 0 Å². The fourth-order valence-electron chi connectivity index (χ4n) is 3.86. The average Bonchev–Trinajstić information content (AvgIpc) is 2.82. The summed E-state index contributed by atoms with van der Waals surface area (Å²) in [5.41, 5.74) is -3.90. The van der Waals surface area contributed by atoms with Gasteiger partial charge in [0.05, 0.1) is 6.10 Å². The highest BCUT2D eigenvalue weighted by molar-refractivity contribution is 6.17. The van der Waals surface area contributed by atoms with Gasteiger partial charge in [0.1, 0.15) is 6.07 Å². The molecule has 21 heavy (non-hydrogen) atoms. The molecule has 2 bridgehead atoms. The molecule has 3 fully saturated rings. The summed E-state index contributed by atoms with van der Waals surface area (Å²) in [6.45, 7) is 0. The second-order valence-corrected chi connectivity index (χ2v) is 5.79. The van der Waals surface area contributed by atoms with Crippen LogP contribution >= 0.6 is 11.6 Å². The number of fused-ring (bicyclic) bond motifs is 5. The Kier molecular flexibility index (Phi) is 4.45. The van der Waals surface area contributed by atoms with Crippen molar-refractivity contribution in [2.75, 3.05) is 13.2 Å². The van der Waals surface area contributed by atoms with Crippen molar-refractivity contribution < 1.29 is 35.8 Å². The molecule has 0 radical (unpaired) electrons. The molecule has 124 valence electrons. The Labute approximate surface area is 122 Å². The van der Waals surface area contributed by atoms with Crippen molar-refractivity contribution in [1.82, 2.24) is 0 Å². The lowest BCUT2D eigenvalue weighted by Gasteiger charge is -2.56. The van der Waals surface area contributed by atoms with Crippen LogP contribution in [0.3, 0.4) is 0 Å². The fourth-order valence-corrected chi connectivity index (χ4v) is 3.86. The average molecular weight is 341 g/mol. The Morgan fingerprint density at radius 2 is 1.57 bits per heavy atom. The van der Waals surface area contributed by atoms with Gasteiger partial charge in [0, 0.05) is 13.0 Å². The van der Waals surface area contributed by atoms with Crippen LogP contribution in [0, 0.1) is 17.8 Å². The molecule has 2 saturated carbocycles. The van der Waals surface area contributed by atoms with E-state index in [1.807, 2.05) is 0 Å². The lowest BCUT2D eigenvalue weighted by Crippen LogP contribution is -2.75. The number of hydrogen-bond acceptors (Lipinski definition) is 2. The number of rotatable bonds is 1. The number of hydrogen-bond donors (Lipinski definition) is 0. The molecule has 9 heteroatoms. The monoisotopic (exact) mass is 340 g/mol. The maximum absolute atomic E-state index is 12.8. The summed E-state index contributed by atoms with van der Waals surface area (Å²) in [6, 6.07) is 0.292. The highest BCUT2D eigenvalue weighted by Crippen LogP contribution is 2.69. The van der Waals surface area contributed by atoms with Crippen LogP contribution in [0.15, 0.2) is 0 Å². The quantitative estimate of drug-likeness (QED) is 0.528. The Morgan fingerprint density at radius 1 is 1.10 bits per heavy atom. The van der Waals surface area contributed by atoms with E-state index in [1.165, 1.54) is 0 Å². The zero-order valence-electron chi connectivity index (χ0n) is 11.1. The van der Waals surface area contributed by atoms with Crippen molar-refractivity contribution in [2.24, 2.45) is 17.8 Å². The van der Waals surface area contributed by atoms with E-state index in [2.05, 4.69) is 9.47 Å². The van der Waals surface area contributed by atoms with Gasteiger partial charge in [0.25, 0.3) is 5.60 Å². The molecule has 4 unspecified atom stereocenters. The minimum atomic E-state index is -5.38. The van der Waals surface area contributed by atoms with Crippen LogP contribution in [-0.4, -0.2) is 37.2 Å². The summed E-state index contributed by atoms with van der Waals surface area (Å²) in [5.74, 6) is -2.01. The number of ether oxygens (including phenoxy) is 2. The predicted octanol–water partition coefficient (Wildman–Crippen LogP) is 4.12. The normalized spacial score (nSPS) is 36.6. The molecular formula is C12H15ClF6O2. The highest BCUT2D eigenvalue weighted by Gasteiger charge is 2.86. The first-order valence-corrected chi connectivity index (χ1v) is 6.99. The molecule has 1 heterocycles. The SMILES string of the molecule is COCCl.FC(F)(F)C1(C(F)(F)F)OC2C3CCC(C3)C21. The Balaban J connectivity index is 0.000000361. The van der Waals surface area contributed by atoms with Gasteiger partial charge < -0.3 is 9.47 Å². The lowest BCUT2D eigenvalue weighted by atomic mass is 9.68. The first-order valence-electron chi connectivity index (χ1n) is 6.46. The van der Waals surface area contributed by atoms with Crippen molar-refractivity contribution in [2.45, 2.75) is 43.3 Å². The molecule has 2 nitrogen and oxygen atoms in total. The van der Waals surface area contributed by atoms with E-state index < -0.39 is 35.9 Å². The van der Waals surface area contributed by atoms with Crippen molar-refractivity contribution in [3.63, 3.8) is 0 Å². The molecule has 3 rings (SSSR count). The smallest absolute Gasteiger partial charge is 0.369 e. The van der Waals surface area contributed by atoms with Gasteiger partial charge in [-0.25, -0.2) is 0 Å². The molecule has 0 amide bonds. The van der Waals surface area contributed by atoms with Gasteiger partial charge in [-0.2, -0.15) is 26.3 Å². The molecular weight excluding hydrogens is 326 g/mol. The molecule has 1 saturated heterocycles. The van der Waals surface area contributed by atoms with Crippen LogP contribution in [0.25, 0.3) is 0 Å². The number of methoxy groups -OCH3 is 1. The zero-order chi connectivity index (χ0) is 16.1. The molecule has 0 N–H and O–H groups in total. The number of alkyl halides is 7. The van der Waals surface area contributed by atoms with Gasteiger partial charge in [0.15, 0.2) is 0 Å². The fraction of sp³-hybridized carbons (Fsp3) is 1.00. The van der Waals surface area contributed by atoms with Crippen molar-refractivity contribution in [3.05, 3.63) is 0 Å². The lowest BCUT2D eigenvalue weighted by molar-refractivity contribution is -0.470. The third-order valence-electron chi connectivity index (χ3n) is 4.58. The molecule has 1 aliphatic heterocycles. The van der Waals surface area contributed by atoms with Gasteiger partial charge in [-0.3, -0.25) is 0 Å². The van der Waals surface area contributed by atoms with Crippen LogP contribution in [-0.2, 0) is 9.47 Å². The molecule has 0 aromatic carbocycles. The van der Waals surface area contributed by atoms with Gasteiger partial charge in [-0.1, -0.05) is 11.6 Å². The Morgan fingerprint density at radius 3 is 1.95 bits per heavy atom. The minimum Gasteiger partial charge on any atom is -0.369 e. The molecule has 3 aliphatic rings. The molecule has 4 atom stereocenters. The first-order chi connectivity index (χ1) is 9.60. The Bertz CT molecular complexity index is 365. The van der Waals surface area contributed by atoms with E-state index in [0.717, 1.165) is 0 Å². The standard InChI is InChI=1S/C10H10F6O.C2H5ClO/c11-9(12,13)8(10(14,15)16)6-4-1-2-5(3-4)7(6)17-8;1-4-2-3/h4-7H,1-3H2;2H2,1H3. The molecule has 2 aliphatic carbocycles. The maximum Gasteiger partial charge on any atom is 0.426 e. The van der Waals surface area contributed by atoms with E-state index in [9.17, 15) is 26.3 Å². The van der Waals surface area contributed by atoms with Crippen molar-refractivity contribution in [3.8, 4) is 0 Å².